The summed E-state index contributed by atoms with van der Waals surface area (Å²) in [6.45, 7) is 3.59. The minimum absolute atomic E-state index is 0.0459. The maximum atomic E-state index is 12.7. The van der Waals surface area contributed by atoms with Crippen molar-refractivity contribution in [3.8, 4) is 0 Å². The van der Waals surface area contributed by atoms with Gasteiger partial charge in [0.25, 0.3) is 0 Å². The average Bonchev–Trinajstić information content (AvgIpc) is 3.46. The van der Waals surface area contributed by atoms with Crippen molar-refractivity contribution in [1.82, 2.24) is 0 Å². The van der Waals surface area contributed by atoms with Crippen LogP contribution in [0, 0.1) is 0 Å². The molecule has 81 heavy (non-hydrogen) atoms. The van der Waals surface area contributed by atoms with Crippen LogP contribution in [0.15, 0.2) is 146 Å². The predicted octanol–water partition coefficient (Wildman–Crippen LogP) is 21.1. The van der Waals surface area contributed by atoms with E-state index in [0.29, 0.717) is 6.42 Å². The van der Waals surface area contributed by atoms with E-state index >= 15 is 0 Å². The Labute approximate surface area is 496 Å². The summed E-state index contributed by atoms with van der Waals surface area (Å²) in [6.07, 6.45) is 93.4. The molecule has 0 bridgehead atoms. The fraction of sp³-hybridized carbons (Fsp3) is 0.634. The number of carbonyl (C=O) groups excluding carboxylic acids is 2. The number of nitrogens with two attached hydrogens (primary N) is 1. The highest BCUT2D eigenvalue weighted by Gasteiger charge is 2.26. The maximum absolute atomic E-state index is 12.7. The van der Waals surface area contributed by atoms with Crippen molar-refractivity contribution in [1.29, 1.82) is 0 Å². The van der Waals surface area contributed by atoms with Crippen LogP contribution in [-0.4, -0.2) is 49.3 Å². The fourth-order valence-corrected chi connectivity index (χ4v) is 9.22. The average molecular weight is 1140 g/mol. The van der Waals surface area contributed by atoms with Crippen molar-refractivity contribution in [3.63, 3.8) is 0 Å². The molecular weight excluding hydrogens is 1030 g/mol. The Morgan fingerprint density at radius 3 is 1.01 bits per heavy atom. The zero-order valence-electron chi connectivity index (χ0n) is 51.5. The van der Waals surface area contributed by atoms with Crippen molar-refractivity contribution < 1.29 is 37.6 Å². The monoisotopic (exact) mass is 1140 g/mol. The Morgan fingerprint density at radius 2 is 0.679 bits per heavy atom. The number of unbranched alkanes of at least 4 members (excludes halogenated alkanes) is 22. The molecule has 0 heterocycles. The van der Waals surface area contributed by atoms with Gasteiger partial charge >= 0.3 is 19.8 Å². The lowest BCUT2D eigenvalue weighted by atomic mass is 10.0. The molecule has 0 aromatic heterocycles. The molecule has 460 valence electrons. The van der Waals surface area contributed by atoms with E-state index in [9.17, 15) is 19.0 Å². The standard InChI is InChI=1S/C71H118NO8P/c1-3-5-7-9-11-13-15-17-19-21-23-24-25-26-27-28-29-30-31-32-33-34-35-36-37-38-39-40-41-42-43-44-46-48-50-52-54-56-58-60-62-64-71(74)80-69(68-79-81(75,76)78-66-65-72)67-77-70(73)63-61-59-57-55-53-51-49-47-45-22-20-18-16-14-12-10-8-6-4-2/h5,7,11-14,17-20,23-24,26-27,29-30,32-33,35-36,38-39,41-42,69H,3-4,6,8-10,15-16,21-22,25,28,31,34,37,40,43-68,72H2,1-2H3,(H,75,76)/b7-5-,13-11-,14-12-,19-17-,20-18-,24-23-,27-26-,30-29-,33-32-,36-35-,39-38-,42-41-. The van der Waals surface area contributed by atoms with Crippen molar-refractivity contribution in [3.05, 3.63) is 146 Å². The van der Waals surface area contributed by atoms with Gasteiger partial charge in [-0.25, -0.2) is 4.57 Å². The van der Waals surface area contributed by atoms with Crippen molar-refractivity contribution in [2.75, 3.05) is 26.4 Å². The van der Waals surface area contributed by atoms with E-state index in [1.54, 1.807) is 0 Å². The Kier molecular flexibility index (Phi) is 61.7. The van der Waals surface area contributed by atoms with E-state index in [1.165, 1.54) is 96.3 Å². The van der Waals surface area contributed by atoms with Crippen LogP contribution < -0.4 is 5.73 Å². The third-order valence-electron chi connectivity index (χ3n) is 13.2. The van der Waals surface area contributed by atoms with E-state index in [4.69, 9.17) is 24.3 Å². The largest absolute Gasteiger partial charge is 0.472 e. The van der Waals surface area contributed by atoms with Gasteiger partial charge in [-0.1, -0.05) is 269 Å². The highest BCUT2D eigenvalue weighted by atomic mass is 31.2. The molecule has 0 saturated heterocycles. The molecule has 2 unspecified atom stereocenters. The zero-order chi connectivity index (χ0) is 58.7. The fourth-order valence-electron chi connectivity index (χ4n) is 8.46. The van der Waals surface area contributed by atoms with Gasteiger partial charge in [0.15, 0.2) is 6.10 Å². The zero-order valence-corrected chi connectivity index (χ0v) is 52.4. The van der Waals surface area contributed by atoms with E-state index in [0.717, 1.165) is 128 Å². The van der Waals surface area contributed by atoms with Crippen LogP contribution in [0.25, 0.3) is 0 Å². The molecule has 0 saturated carbocycles. The number of ether oxygens (including phenoxy) is 2. The molecule has 0 aromatic rings. The van der Waals surface area contributed by atoms with Crippen molar-refractivity contribution >= 4 is 19.8 Å². The predicted molar refractivity (Wildman–Crippen MR) is 348 cm³/mol. The van der Waals surface area contributed by atoms with Gasteiger partial charge in [-0.3, -0.25) is 18.6 Å². The van der Waals surface area contributed by atoms with Gasteiger partial charge in [-0.05, 0) is 122 Å². The first-order valence-corrected chi connectivity index (χ1v) is 33.8. The number of carbonyl (C=O) groups is 2. The Balaban J connectivity index is 3.96. The van der Waals surface area contributed by atoms with Crippen LogP contribution >= 0.6 is 7.82 Å². The number of hydrogen-bond acceptors (Lipinski definition) is 8. The molecular formula is C71H118NO8P. The summed E-state index contributed by atoms with van der Waals surface area (Å²) < 4.78 is 33.1. The molecule has 10 heteroatoms. The molecule has 0 aliphatic rings. The smallest absolute Gasteiger partial charge is 0.462 e. The summed E-state index contributed by atoms with van der Waals surface area (Å²) in [5.41, 5.74) is 5.39. The summed E-state index contributed by atoms with van der Waals surface area (Å²) in [5.74, 6) is -0.842. The van der Waals surface area contributed by atoms with E-state index in [1.807, 2.05) is 0 Å². The second-order valence-electron chi connectivity index (χ2n) is 20.9. The van der Waals surface area contributed by atoms with Gasteiger partial charge in [0, 0.05) is 19.4 Å². The third kappa shape index (κ3) is 64.9. The van der Waals surface area contributed by atoms with Gasteiger partial charge in [-0.15, -0.1) is 0 Å². The summed E-state index contributed by atoms with van der Waals surface area (Å²) >= 11 is 0. The Bertz CT molecular complexity index is 1830. The lowest BCUT2D eigenvalue weighted by Gasteiger charge is -2.19. The van der Waals surface area contributed by atoms with Crippen LogP contribution in [0.3, 0.4) is 0 Å². The number of phosphoric ester groups is 1. The van der Waals surface area contributed by atoms with E-state index < -0.39 is 26.5 Å². The molecule has 9 nitrogen and oxygen atoms in total. The minimum atomic E-state index is -4.40. The van der Waals surface area contributed by atoms with Crippen LogP contribution in [-0.2, 0) is 32.7 Å². The summed E-state index contributed by atoms with van der Waals surface area (Å²) in [5, 5.41) is 0. The lowest BCUT2D eigenvalue weighted by Crippen LogP contribution is -2.29. The molecule has 0 aliphatic heterocycles. The van der Waals surface area contributed by atoms with Crippen LogP contribution in [0.5, 0.6) is 0 Å². The molecule has 2 atom stereocenters. The van der Waals surface area contributed by atoms with Gasteiger partial charge in [0.05, 0.1) is 13.2 Å². The molecule has 0 rings (SSSR count). The number of esters is 2. The lowest BCUT2D eigenvalue weighted by molar-refractivity contribution is -0.161. The summed E-state index contributed by atoms with van der Waals surface area (Å²) in [6, 6.07) is 0. The maximum Gasteiger partial charge on any atom is 0.472 e. The Morgan fingerprint density at radius 1 is 0.383 bits per heavy atom. The summed E-state index contributed by atoms with van der Waals surface area (Å²) in [4.78, 5) is 35.2. The molecule has 0 amide bonds. The van der Waals surface area contributed by atoms with Gasteiger partial charge in [0.2, 0.25) is 0 Å². The Hall–Kier alpha value is -4.11. The third-order valence-corrected chi connectivity index (χ3v) is 14.2. The molecule has 0 radical (unpaired) electrons. The second kappa shape index (κ2) is 65.0. The quantitative estimate of drug-likeness (QED) is 0.0264. The molecule has 0 fully saturated rings. The van der Waals surface area contributed by atoms with Gasteiger partial charge in [0.1, 0.15) is 6.61 Å². The molecule has 0 aromatic carbocycles. The summed E-state index contributed by atoms with van der Waals surface area (Å²) in [7, 11) is -4.40. The van der Waals surface area contributed by atoms with Crippen molar-refractivity contribution in [2.45, 2.75) is 264 Å². The SMILES string of the molecule is CC/C=C\C/C=C\C/C=C\C/C=C\C/C=C\C/C=C\C/C=C\C/C=C\C/C=C\C/C=C\CCCCCCCCCCCCC(=O)OC(COC(=O)CCCCCCCCCCC/C=C\C/C=C\CCCCC)COP(=O)(O)OCCN. The van der Waals surface area contributed by atoms with Gasteiger partial charge < -0.3 is 20.1 Å². The van der Waals surface area contributed by atoms with E-state index in [2.05, 4.69) is 160 Å². The first-order valence-electron chi connectivity index (χ1n) is 32.3. The minimum Gasteiger partial charge on any atom is -0.462 e. The highest BCUT2D eigenvalue weighted by Crippen LogP contribution is 2.43. The second-order valence-corrected chi connectivity index (χ2v) is 22.3. The van der Waals surface area contributed by atoms with Gasteiger partial charge in [-0.2, -0.15) is 0 Å². The molecule has 0 spiro atoms. The number of phosphoric acid groups is 1. The van der Waals surface area contributed by atoms with Crippen LogP contribution in [0.4, 0.5) is 0 Å². The van der Waals surface area contributed by atoms with Crippen molar-refractivity contribution in [2.24, 2.45) is 5.73 Å². The molecule has 0 aliphatic carbocycles. The number of hydrogen-bond donors (Lipinski definition) is 2. The first-order chi connectivity index (χ1) is 39.8. The van der Waals surface area contributed by atoms with E-state index in [-0.39, 0.29) is 38.6 Å². The van der Waals surface area contributed by atoms with Crippen LogP contribution in [0.1, 0.15) is 258 Å². The topological polar surface area (TPSA) is 134 Å². The normalized spacial score (nSPS) is 14.0. The number of allylic oxidation sites excluding steroid dienone is 24. The highest BCUT2D eigenvalue weighted by molar-refractivity contribution is 7.47. The number of rotatable bonds is 59. The first kappa shape index (κ1) is 76.9. The molecule has 3 N–H and O–H groups in total. The van der Waals surface area contributed by atoms with Crippen LogP contribution in [0.2, 0.25) is 0 Å².